The third-order valence-corrected chi connectivity index (χ3v) is 5.25. The summed E-state index contributed by atoms with van der Waals surface area (Å²) in [6, 6.07) is 6.85. The molecule has 0 amide bonds. The lowest BCUT2D eigenvalue weighted by atomic mass is 10.00. The Morgan fingerprint density at radius 2 is 2.15 bits per heavy atom. The van der Waals surface area contributed by atoms with Crippen LogP contribution >= 0.6 is 11.6 Å². The molecule has 2 N–H and O–H groups in total. The second-order valence-corrected chi connectivity index (χ2v) is 7.09. The lowest BCUT2D eigenvalue weighted by Gasteiger charge is -2.32. The van der Waals surface area contributed by atoms with Gasteiger partial charge in [0.2, 0.25) is 0 Å². The Hall–Kier alpha value is -0.820. The minimum absolute atomic E-state index is 0.358. The van der Waals surface area contributed by atoms with Gasteiger partial charge in [-0.15, -0.1) is 0 Å². The molecule has 5 nitrogen and oxygen atoms in total. The van der Waals surface area contributed by atoms with Crippen molar-refractivity contribution in [1.82, 2.24) is 9.62 Å². The number of anilines is 1. The van der Waals surface area contributed by atoms with Crippen molar-refractivity contribution in [1.29, 1.82) is 0 Å². The van der Waals surface area contributed by atoms with Crippen LogP contribution in [0.4, 0.5) is 5.69 Å². The molecule has 0 radical (unpaired) electrons. The summed E-state index contributed by atoms with van der Waals surface area (Å²) in [7, 11) is -1.65. The third-order valence-electron chi connectivity index (χ3n) is 3.43. The number of hydrogen-bond donors (Lipinski definition) is 2. The quantitative estimate of drug-likeness (QED) is 0.872. The summed E-state index contributed by atoms with van der Waals surface area (Å²) in [6.45, 7) is 1.93. The molecular weight excluding hydrogens is 298 g/mol. The Labute approximate surface area is 125 Å². The summed E-state index contributed by atoms with van der Waals surface area (Å²) in [6.07, 6.45) is 1.94. The van der Waals surface area contributed by atoms with Crippen LogP contribution in [0.1, 0.15) is 12.8 Å². The molecule has 112 valence electrons. The van der Waals surface area contributed by atoms with Crippen LogP contribution in [0.5, 0.6) is 0 Å². The molecule has 1 aromatic rings. The first-order chi connectivity index (χ1) is 9.53. The smallest absolute Gasteiger partial charge is 0.301 e. The minimum atomic E-state index is -3.54. The average Bonchev–Trinajstić information content (AvgIpc) is 2.42. The molecule has 1 unspecified atom stereocenters. The van der Waals surface area contributed by atoms with Crippen LogP contribution in [0.2, 0.25) is 5.02 Å². The molecular formula is C13H20ClN3O2S. The zero-order chi connectivity index (χ0) is 14.6. The fourth-order valence-corrected chi connectivity index (χ4v) is 4.05. The molecule has 1 saturated heterocycles. The van der Waals surface area contributed by atoms with E-state index in [0.29, 0.717) is 29.7 Å². The molecule has 0 aliphatic carbocycles. The van der Waals surface area contributed by atoms with Gasteiger partial charge in [0.15, 0.2) is 0 Å². The van der Waals surface area contributed by atoms with Crippen molar-refractivity contribution in [2.24, 2.45) is 5.92 Å². The highest BCUT2D eigenvalue weighted by atomic mass is 35.5. The molecule has 20 heavy (non-hydrogen) atoms. The molecule has 1 aromatic carbocycles. The molecule has 0 spiro atoms. The van der Waals surface area contributed by atoms with E-state index in [1.807, 2.05) is 7.05 Å². The second-order valence-electron chi connectivity index (χ2n) is 5.01. The number of hydrogen-bond acceptors (Lipinski definition) is 3. The van der Waals surface area contributed by atoms with Gasteiger partial charge >= 0.3 is 10.2 Å². The highest BCUT2D eigenvalue weighted by Crippen LogP contribution is 2.24. The van der Waals surface area contributed by atoms with E-state index in [2.05, 4.69) is 10.0 Å². The van der Waals surface area contributed by atoms with Crippen molar-refractivity contribution in [2.75, 3.05) is 31.4 Å². The Morgan fingerprint density at radius 3 is 2.85 bits per heavy atom. The van der Waals surface area contributed by atoms with Crippen molar-refractivity contribution in [3.63, 3.8) is 0 Å². The zero-order valence-corrected chi connectivity index (χ0v) is 13.0. The highest BCUT2D eigenvalue weighted by molar-refractivity contribution is 7.90. The molecule has 2 rings (SSSR count). The standard InChI is InChI=1S/C13H20ClN3O2S/c1-15-9-11-5-4-8-17(10-11)20(18,19)16-13-7-3-2-6-12(13)14/h2-3,6-7,11,15-16H,4-5,8-10H2,1H3. The van der Waals surface area contributed by atoms with E-state index in [4.69, 9.17) is 11.6 Å². The van der Waals surface area contributed by atoms with Gasteiger partial charge in [0, 0.05) is 13.1 Å². The van der Waals surface area contributed by atoms with Gasteiger partial charge in [0.25, 0.3) is 0 Å². The molecule has 1 heterocycles. The Bertz CT molecular complexity index is 548. The van der Waals surface area contributed by atoms with Crippen LogP contribution in [0.25, 0.3) is 0 Å². The van der Waals surface area contributed by atoms with E-state index in [9.17, 15) is 8.42 Å². The van der Waals surface area contributed by atoms with Crippen LogP contribution in [-0.4, -0.2) is 39.4 Å². The number of nitrogens with one attached hydrogen (secondary N) is 2. The number of para-hydroxylation sites is 1. The fraction of sp³-hybridized carbons (Fsp3) is 0.538. The van der Waals surface area contributed by atoms with Crippen LogP contribution < -0.4 is 10.0 Å². The van der Waals surface area contributed by atoms with Gasteiger partial charge in [-0.1, -0.05) is 23.7 Å². The predicted octanol–water partition coefficient (Wildman–Crippen LogP) is 1.93. The molecule has 1 aliphatic rings. The Morgan fingerprint density at radius 1 is 1.40 bits per heavy atom. The number of rotatable bonds is 5. The number of piperidine rings is 1. The maximum absolute atomic E-state index is 12.4. The van der Waals surface area contributed by atoms with Crippen LogP contribution in [0.3, 0.4) is 0 Å². The lowest BCUT2D eigenvalue weighted by molar-refractivity contribution is 0.264. The summed E-state index contributed by atoms with van der Waals surface area (Å²) in [5.41, 5.74) is 0.421. The van der Waals surface area contributed by atoms with Crippen molar-refractivity contribution >= 4 is 27.5 Å². The zero-order valence-electron chi connectivity index (χ0n) is 11.5. The SMILES string of the molecule is CNCC1CCCN(S(=O)(=O)Nc2ccccc2Cl)C1. The van der Waals surface area contributed by atoms with E-state index in [0.717, 1.165) is 19.4 Å². The summed E-state index contributed by atoms with van der Waals surface area (Å²) in [5.74, 6) is 0.358. The van der Waals surface area contributed by atoms with E-state index in [-0.39, 0.29) is 0 Å². The van der Waals surface area contributed by atoms with E-state index < -0.39 is 10.2 Å². The average molecular weight is 318 g/mol. The van der Waals surface area contributed by atoms with Crippen molar-refractivity contribution < 1.29 is 8.42 Å². The van der Waals surface area contributed by atoms with Crippen LogP contribution in [0, 0.1) is 5.92 Å². The summed E-state index contributed by atoms with van der Waals surface area (Å²) in [5, 5.41) is 3.51. The molecule has 1 aliphatic heterocycles. The Balaban J connectivity index is 2.08. The van der Waals surface area contributed by atoms with Gasteiger partial charge in [-0.05, 0) is 44.5 Å². The third kappa shape index (κ3) is 3.85. The first kappa shape index (κ1) is 15.6. The number of halogens is 1. The summed E-state index contributed by atoms with van der Waals surface area (Å²) < 4.78 is 28.9. The molecule has 1 atom stereocenters. The first-order valence-electron chi connectivity index (χ1n) is 6.70. The van der Waals surface area contributed by atoms with Crippen molar-refractivity contribution in [2.45, 2.75) is 12.8 Å². The molecule has 0 saturated carbocycles. The normalized spacial score (nSPS) is 20.8. The van der Waals surface area contributed by atoms with Gasteiger partial charge in [-0.2, -0.15) is 12.7 Å². The van der Waals surface area contributed by atoms with E-state index in [1.54, 1.807) is 24.3 Å². The Kier molecular flexibility index (Phi) is 5.26. The second kappa shape index (κ2) is 6.76. The van der Waals surface area contributed by atoms with Gasteiger partial charge in [-0.25, -0.2) is 0 Å². The van der Waals surface area contributed by atoms with Gasteiger partial charge in [0.1, 0.15) is 0 Å². The molecule has 0 aromatic heterocycles. The van der Waals surface area contributed by atoms with Crippen LogP contribution in [0.15, 0.2) is 24.3 Å². The largest absolute Gasteiger partial charge is 0.319 e. The molecule has 7 heteroatoms. The number of nitrogens with zero attached hydrogens (tertiary/aromatic N) is 1. The topological polar surface area (TPSA) is 61.4 Å². The first-order valence-corrected chi connectivity index (χ1v) is 8.52. The van der Waals surface area contributed by atoms with Crippen molar-refractivity contribution in [3.05, 3.63) is 29.3 Å². The van der Waals surface area contributed by atoms with Crippen molar-refractivity contribution in [3.8, 4) is 0 Å². The molecule has 0 bridgehead atoms. The maximum atomic E-state index is 12.4. The van der Waals surface area contributed by atoms with Crippen LogP contribution in [-0.2, 0) is 10.2 Å². The van der Waals surface area contributed by atoms with E-state index in [1.165, 1.54) is 4.31 Å². The number of benzene rings is 1. The fourth-order valence-electron chi connectivity index (χ4n) is 2.45. The molecule has 1 fully saturated rings. The summed E-state index contributed by atoms with van der Waals surface area (Å²) >= 11 is 5.99. The summed E-state index contributed by atoms with van der Waals surface area (Å²) in [4.78, 5) is 0. The van der Waals surface area contributed by atoms with Gasteiger partial charge in [-0.3, -0.25) is 4.72 Å². The lowest BCUT2D eigenvalue weighted by Crippen LogP contribution is -2.44. The maximum Gasteiger partial charge on any atom is 0.301 e. The minimum Gasteiger partial charge on any atom is -0.319 e. The monoisotopic (exact) mass is 317 g/mol. The van der Waals surface area contributed by atoms with E-state index >= 15 is 0 Å². The van der Waals surface area contributed by atoms with Gasteiger partial charge in [0.05, 0.1) is 10.7 Å². The predicted molar refractivity (Wildman–Crippen MR) is 82.2 cm³/mol. The highest BCUT2D eigenvalue weighted by Gasteiger charge is 2.28. The van der Waals surface area contributed by atoms with Gasteiger partial charge < -0.3 is 5.32 Å².